The molecule has 2 saturated heterocycles. The lowest BCUT2D eigenvalue weighted by Crippen LogP contribution is -2.67. The topological polar surface area (TPSA) is 38.8 Å². The van der Waals surface area contributed by atoms with E-state index in [4.69, 9.17) is 9.47 Å². The second-order valence-electron chi connectivity index (χ2n) is 7.82. The fraction of sp³-hybridized carbons (Fsp3) is 0.450. The Bertz CT molecular complexity index is 896. The van der Waals surface area contributed by atoms with Crippen LogP contribution in [0.5, 0.6) is 0 Å². The number of hydrogen-bond acceptors (Lipinski definition) is 3. The van der Waals surface area contributed by atoms with Gasteiger partial charge in [-0.1, -0.05) is 54.6 Å². The average molecular weight is 431 g/mol. The highest BCUT2D eigenvalue weighted by atomic mass is 19.4. The van der Waals surface area contributed by atoms with Crippen LogP contribution in [0, 0.1) is 10.8 Å². The Balaban J connectivity index is 1.58. The van der Waals surface area contributed by atoms with Gasteiger partial charge >= 0.3 is 18.4 Å². The molecule has 1 amide bonds. The van der Waals surface area contributed by atoms with Crippen LogP contribution in [0.3, 0.4) is 0 Å². The van der Waals surface area contributed by atoms with Gasteiger partial charge in [-0.15, -0.1) is 0 Å². The van der Waals surface area contributed by atoms with Gasteiger partial charge in [-0.05, 0) is 5.56 Å². The third-order valence-electron chi connectivity index (χ3n) is 6.70. The molecule has 0 aromatic heterocycles. The minimum absolute atomic E-state index is 0.269. The molecular weight excluding hydrogens is 416 g/mol. The molecule has 0 saturated carbocycles. The van der Waals surface area contributed by atoms with Gasteiger partial charge in [0.15, 0.2) is 0 Å². The highest BCUT2D eigenvalue weighted by Crippen LogP contribution is 2.78. The maximum atomic E-state index is 14.5. The molecular formula is C20H15F6NO3. The van der Waals surface area contributed by atoms with Crippen molar-refractivity contribution in [2.24, 2.45) is 10.8 Å². The lowest BCUT2D eigenvalue weighted by atomic mass is 9.52. The lowest BCUT2D eigenvalue weighted by molar-refractivity contribution is -0.327. The monoisotopic (exact) mass is 431 g/mol. The van der Waals surface area contributed by atoms with Crippen LogP contribution in [0.25, 0.3) is 0 Å². The molecule has 4 aliphatic heterocycles. The zero-order chi connectivity index (χ0) is 21.5. The number of amides is 1. The van der Waals surface area contributed by atoms with Crippen molar-refractivity contribution < 1.29 is 40.6 Å². The smallest absolute Gasteiger partial charge is 0.411 e. The molecule has 2 fully saturated rings. The maximum Gasteiger partial charge on any atom is 0.411 e. The van der Waals surface area contributed by atoms with E-state index in [-0.39, 0.29) is 6.61 Å². The summed E-state index contributed by atoms with van der Waals surface area (Å²) in [6, 6.07) is 4.57. The number of halogens is 6. The van der Waals surface area contributed by atoms with Gasteiger partial charge < -0.3 is 9.47 Å². The number of carbonyl (C=O) groups is 1. The Labute approximate surface area is 166 Å². The summed E-state index contributed by atoms with van der Waals surface area (Å²) in [6.45, 7) is -0.269. The van der Waals surface area contributed by atoms with Crippen molar-refractivity contribution in [3.63, 3.8) is 0 Å². The lowest BCUT2D eigenvalue weighted by Gasteiger charge is -2.49. The molecule has 160 valence electrons. The van der Waals surface area contributed by atoms with Crippen molar-refractivity contribution in [1.82, 2.24) is 4.90 Å². The quantitative estimate of drug-likeness (QED) is 0.516. The minimum Gasteiger partial charge on any atom is -0.445 e. The molecule has 0 spiro atoms. The van der Waals surface area contributed by atoms with E-state index in [0.29, 0.717) is 10.5 Å². The molecule has 30 heavy (non-hydrogen) atoms. The fourth-order valence-corrected chi connectivity index (χ4v) is 5.72. The number of rotatable bonds is 2. The van der Waals surface area contributed by atoms with Crippen molar-refractivity contribution in [3.05, 3.63) is 60.2 Å². The Hall–Kier alpha value is -2.49. The zero-order valence-corrected chi connectivity index (χ0v) is 15.2. The van der Waals surface area contributed by atoms with Gasteiger partial charge in [0.25, 0.3) is 0 Å². The van der Waals surface area contributed by atoms with E-state index in [2.05, 4.69) is 0 Å². The molecule has 4 bridgehead atoms. The molecule has 1 aromatic rings. The summed E-state index contributed by atoms with van der Waals surface area (Å²) in [7, 11) is 0. The normalized spacial score (nSPS) is 38.4. The summed E-state index contributed by atoms with van der Waals surface area (Å²) in [4.78, 5) is 13.3. The molecule has 5 rings (SSSR count). The van der Waals surface area contributed by atoms with Gasteiger partial charge in [0, 0.05) is 0 Å². The third-order valence-corrected chi connectivity index (χ3v) is 6.70. The van der Waals surface area contributed by atoms with Gasteiger partial charge in [-0.2, -0.15) is 26.3 Å². The molecule has 0 N–H and O–H groups in total. The zero-order valence-electron chi connectivity index (χ0n) is 15.2. The Kier molecular flexibility index (Phi) is 3.77. The second-order valence-corrected chi connectivity index (χ2v) is 7.82. The van der Waals surface area contributed by atoms with Gasteiger partial charge in [0.1, 0.15) is 17.4 Å². The number of fused-ring (bicyclic) bond motifs is 9. The first-order valence-corrected chi connectivity index (χ1v) is 9.21. The van der Waals surface area contributed by atoms with Crippen molar-refractivity contribution >= 4 is 6.09 Å². The van der Waals surface area contributed by atoms with E-state index >= 15 is 0 Å². The number of alkyl halides is 6. The predicted octanol–water partition coefficient (Wildman–Crippen LogP) is 4.38. The Morgan fingerprint density at radius 2 is 1.40 bits per heavy atom. The number of benzene rings is 1. The highest BCUT2D eigenvalue weighted by molar-refractivity contribution is 5.73. The molecule has 0 radical (unpaired) electrons. The van der Waals surface area contributed by atoms with Gasteiger partial charge in [-0.25, -0.2) is 4.79 Å². The second kappa shape index (κ2) is 5.81. The maximum absolute atomic E-state index is 14.5. The summed E-state index contributed by atoms with van der Waals surface area (Å²) in [5, 5.41) is 0. The predicted molar refractivity (Wildman–Crippen MR) is 90.0 cm³/mol. The molecule has 1 aromatic carbocycles. The van der Waals surface area contributed by atoms with Crippen LogP contribution in [0.1, 0.15) is 5.56 Å². The number of ether oxygens (including phenoxy) is 2. The van der Waals surface area contributed by atoms with Gasteiger partial charge in [-0.3, -0.25) is 4.90 Å². The Morgan fingerprint density at radius 1 is 0.900 bits per heavy atom. The number of hydrogen-bond donors (Lipinski definition) is 0. The largest absolute Gasteiger partial charge is 0.445 e. The fourth-order valence-electron chi connectivity index (χ4n) is 5.72. The molecule has 4 heterocycles. The Morgan fingerprint density at radius 3 is 1.87 bits per heavy atom. The van der Waals surface area contributed by atoms with Crippen LogP contribution >= 0.6 is 0 Å². The van der Waals surface area contributed by atoms with Crippen molar-refractivity contribution in [1.29, 1.82) is 0 Å². The molecule has 6 atom stereocenters. The first kappa shape index (κ1) is 19.5. The molecule has 0 aliphatic carbocycles. The van der Waals surface area contributed by atoms with E-state index in [0.717, 1.165) is 24.3 Å². The van der Waals surface area contributed by atoms with Crippen molar-refractivity contribution in [2.75, 3.05) is 0 Å². The average Bonchev–Trinajstić information content (AvgIpc) is 3.42. The summed E-state index contributed by atoms with van der Waals surface area (Å²) >= 11 is 0. The molecule has 0 unspecified atom stereocenters. The third kappa shape index (κ3) is 2.00. The van der Waals surface area contributed by atoms with Gasteiger partial charge in [0.05, 0.1) is 24.3 Å². The van der Waals surface area contributed by atoms with Crippen molar-refractivity contribution in [2.45, 2.75) is 43.3 Å². The van der Waals surface area contributed by atoms with E-state index in [1.54, 1.807) is 30.3 Å². The highest BCUT2D eigenvalue weighted by Gasteiger charge is 2.94. The van der Waals surface area contributed by atoms with Crippen LogP contribution in [0.15, 0.2) is 54.6 Å². The molecule has 4 aliphatic rings. The first-order chi connectivity index (χ1) is 14.1. The van der Waals surface area contributed by atoms with Crippen molar-refractivity contribution in [3.8, 4) is 0 Å². The summed E-state index contributed by atoms with van der Waals surface area (Å²) in [5.74, 6) is 0. The summed E-state index contributed by atoms with van der Waals surface area (Å²) in [6.07, 6.45) is -11.4. The van der Waals surface area contributed by atoms with Crippen LogP contribution in [-0.4, -0.2) is 47.6 Å². The van der Waals surface area contributed by atoms with Crippen LogP contribution in [-0.2, 0) is 16.1 Å². The summed E-state index contributed by atoms with van der Waals surface area (Å²) in [5.41, 5.74) is -6.10. The SMILES string of the molecule is O=C(OCc1ccccc1)N1[C@H]2C=C[C@@H]1[C@@]1(C(F)(F)F)[C@@H]3C=C[C@@H](O3)[C@@]21C(F)(F)F. The molecule has 4 nitrogen and oxygen atoms in total. The van der Waals surface area contributed by atoms with E-state index in [1.807, 2.05) is 0 Å². The molecule has 10 heteroatoms. The minimum atomic E-state index is -5.28. The van der Waals surface area contributed by atoms with Crippen LogP contribution in [0.2, 0.25) is 0 Å². The first-order valence-electron chi connectivity index (χ1n) is 9.21. The van der Waals surface area contributed by atoms with Gasteiger partial charge in [0.2, 0.25) is 0 Å². The van der Waals surface area contributed by atoms with E-state index in [1.165, 1.54) is 0 Å². The number of nitrogens with zero attached hydrogens (tertiary/aromatic N) is 1. The van der Waals surface area contributed by atoms with E-state index < -0.39 is 53.6 Å². The van der Waals surface area contributed by atoms with Crippen LogP contribution in [0.4, 0.5) is 31.1 Å². The van der Waals surface area contributed by atoms with Crippen LogP contribution < -0.4 is 0 Å². The summed E-state index contributed by atoms with van der Waals surface area (Å²) < 4.78 is 97.0. The van der Waals surface area contributed by atoms with E-state index in [9.17, 15) is 31.1 Å². The standard InChI is InChI=1S/C20H15F6NO3/c21-19(22,23)17-12-6-7-13(18(17,20(24,25)26)15-9-8-14(17)30-15)27(12)16(28)29-10-11-4-2-1-3-5-11/h1-9,12-15H,10H2/t12-,13+,14+,15-,17-,18+. The number of carbonyl (C=O) groups excluding carboxylic acids is 1.